The van der Waals surface area contributed by atoms with E-state index in [0.29, 0.717) is 5.69 Å². The molecule has 2 rings (SSSR count). The molecule has 0 aliphatic carbocycles. The van der Waals surface area contributed by atoms with Gasteiger partial charge < -0.3 is 20.5 Å². The number of carbonyl (C=O) groups is 1. The monoisotopic (exact) mass is 238 g/mol. The Morgan fingerprint density at radius 1 is 1.41 bits per heavy atom. The molecule has 5 N–H and O–H groups in total. The summed E-state index contributed by atoms with van der Waals surface area (Å²) in [7, 11) is 0. The van der Waals surface area contributed by atoms with Crippen LogP contribution in [0.4, 0.5) is 5.69 Å². The van der Waals surface area contributed by atoms with Gasteiger partial charge in [-0.25, -0.2) is 4.98 Å². The zero-order valence-corrected chi connectivity index (χ0v) is 9.08. The van der Waals surface area contributed by atoms with Gasteiger partial charge in [0.05, 0.1) is 24.1 Å². The van der Waals surface area contributed by atoms with Crippen LogP contribution in [0.1, 0.15) is 10.5 Å². The molecule has 2 heterocycles. The van der Waals surface area contributed by atoms with Crippen molar-refractivity contribution in [3.05, 3.63) is 24.0 Å². The number of amides is 1. The molecule has 1 saturated heterocycles. The zero-order valence-electron chi connectivity index (χ0n) is 9.08. The molecule has 2 unspecified atom stereocenters. The van der Waals surface area contributed by atoms with Gasteiger partial charge in [0.15, 0.2) is 0 Å². The third-order valence-electron chi connectivity index (χ3n) is 2.70. The average Bonchev–Trinajstić information content (AvgIpc) is 2.69. The van der Waals surface area contributed by atoms with Crippen molar-refractivity contribution in [1.29, 1.82) is 0 Å². The summed E-state index contributed by atoms with van der Waals surface area (Å²) in [6.07, 6.45) is -0.330. The summed E-state index contributed by atoms with van der Waals surface area (Å²) in [6.45, 7) is 0.247. The Labute approximate surface area is 97.8 Å². The van der Waals surface area contributed by atoms with Gasteiger partial charge >= 0.3 is 0 Å². The van der Waals surface area contributed by atoms with Crippen LogP contribution in [-0.4, -0.2) is 51.3 Å². The van der Waals surface area contributed by atoms with Crippen LogP contribution in [0.15, 0.2) is 18.3 Å². The number of β-amino-alcohol motifs (C(OH)–C–C–N with tert-alkyl or cyclic N) is 2. The first-order valence-corrected chi connectivity index (χ1v) is 5.20. The predicted molar refractivity (Wildman–Crippen MR) is 60.0 cm³/mol. The molecule has 0 saturated carbocycles. The van der Waals surface area contributed by atoms with E-state index in [0.717, 1.165) is 0 Å². The van der Waals surface area contributed by atoms with E-state index in [1.54, 1.807) is 6.07 Å². The van der Waals surface area contributed by atoms with Crippen molar-refractivity contribution in [3.8, 4) is 0 Å². The highest BCUT2D eigenvalue weighted by Gasteiger charge is 2.33. The van der Waals surface area contributed by atoms with E-state index in [-0.39, 0.29) is 24.7 Å². The van der Waals surface area contributed by atoms with Crippen LogP contribution in [0.3, 0.4) is 0 Å². The van der Waals surface area contributed by atoms with Crippen LogP contribution < -0.4 is 11.3 Å². The number of nitrogens with one attached hydrogen (secondary N) is 1. The van der Waals surface area contributed by atoms with Gasteiger partial charge in [-0.05, 0) is 12.1 Å². The number of aromatic nitrogens is 1. The van der Waals surface area contributed by atoms with Crippen LogP contribution in [0, 0.1) is 0 Å². The Hall–Kier alpha value is -1.70. The van der Waals surface area contributed by atoms with Gasteiger partial charge in [-0.1, -0.05) is 0 Å². The Morgan fingerprint density at radius 3 is 2.53 bits per heavy atom. The average molecular weight is 238 g/mol. The van der Waals surface area contributed by atoms with Gasteiger partial charge in [0.1, 0.15) is 5.69 Å². The lowest BCUT2D eigenvalue weighted by atomic mass is 10.3. The summed E-state index contributed by atoms with van der Waals surface area (Å²) in [5.41, 5.74) is 3.26. The Bertz CT molecular complexity index is 399. The first kappa shape index (κ1) is 11.8. The van der Waals surface area contributed by atoms with E-state index < -0.39 is 12.2 Å². The minimum atomic E-state index is -0.885. The fraction of sp³-hybridized carbons (Fsp3) is 0.400. The normalized spacial score (nSPS) is 23.8. The van der Waals surface area contributed by atoms with E-state index >= 15 is 0 Å². The predicted octanol–water partition coefficient (Wildman–Crippen LogP) is -1.46. The lowest BCUT2D eigenvalue weighted by Gasteiger charge is -2.14. The summed E-state index contributed by atoms with van der Waals surface area (Å²) in [6, 6.07) is 3.16. The van der Waals surface area contributed by atoms with E-state index in [9.17, 15) is 15.0 Å². The Balaban J connectivity index is 2.09. The molecule has 17 heavy (non-hydrogen) atoms. The van der Waals surface area contributed by atoms with Crippen LogP contribution in [0.2, 0.25) is 0 Å². The molecule has 7 nitrogen and oxygen atoms in total. The number of pyridine rings is 1. The smallest absolute Gasteiger partial charge is 0.272 e. The molecular formula is C10H14N4O3. The molecule has 7 heteroatoms. The summed E-state index contributed by atoms with van der Waals surface area (Å²) >= 11 is 0. The highest BCUT2D eigenvalue weighted by atomic mass is 16.3. The summed E-state index contributed by atoms with van der Waals surface area (Å²) < 4.78 is 0. The number of likely N-dealkylation sites (tertiary alicyclic amines) is 1. The van der Waals surface area contributed by atoms with E-state index in [2.05, 4.69) is 10.4 Å². The standard InChI is InChI=1S/C10H14N4O3/c11-13-6-1-2-7(12-3-6)10(17)14-4-8(15)9(16)5-14/h1-3,8-9,13,15-16H,4-5,11H2. The molecule has 1 amide bonds. The van der Waals surface area contributed by atoms with Crippen molar-refractivity contribution in [3.63, 3.8) is 0 Å². The van der Waals surface area contributed by atoms with Crippen molar-refractivity contribution < 1.29 is 15.0 Å². The van der Waals surface area contributed by atoms with Crippen molar-refractivity contribution in [2.75, 3.05) is 18.5 Å². The quantitative estimate of drug-likeness (QED) is 0.370. The topological polar surface area (TPSA) is 112 Å². The number of aliphatic hydroxyl groups is 2. The first-order valence-electron chi connectivity index (χ1n) is 5.20. The van der Waals surface area contributed by atoms with E-state index in [1.807, 2.05) is 0 Å². The van der Waals surface area contributed by atoms with Crippen molar-refractivity contribution >= 4 is 11.6 Å². The molecule has 1 aliphatic heterocycles. The molecule has 1 aliphatic rings. The molecule has 0 bridgehead atoms. The second-order valence-electron chi connectivity index (χ2n) is 3.92. The minimum Gasteiger partial charge on any atom is -0.388 e. The van der Waals surface area contributed by atoms with Gasteiger partial charge in [-0.3, -0.25) is 10.6 Å². The van der Waals surface area contributed by atoms with E-state index in [4.69, 9.17) is 5.84 Å². The SMILES string of the molecule is NNc1ccc(C(=O)N2CC(O)C(O)C2)nc1. The number of hydrogen-bond donors (Lipinski definition) is 4. The van der Waals surface area contributed by atoms with Crippen LogP contribution in [-0.2, 0) is 0 Å². The summed E-state index contributed by atoms with van der Waals surface area (Å²) in [5, 5.41) is 18.7. The number of nitrogen functional groups attached to an aromatic ring is 1. The van der Waals surface area contributed by atoms with Gasteiger partial charge in [0.25, 0.3) is 5.91 Å². The zero-order chi connectivity index (χ0) is 12.4. The number of aliphatic hydroxyl groups excluding tert-OH is 2. The first-order chi connectivity index (χ1) is 8.11. The van der Waals surface area contributed by atoms with Crippen molar-refractivity contribution in [1.82, 2.24) is 9.88 Å². The molecule has 0 aromatic carbocycles. The fourth-order valence-corrected chi connectivity index (χ4v) is 1.70. The van der Waals surface area contributed by atoms with Crippen LogP contribution >= 0.6 is 0 Å². The third kappa shape index (κ3) is 2.36. The molecule has 1 fully saturated rings. The lowest BCUT2D eigenvalue weighted by molar-refractivity contribution is 0.0572. The van der Waals surface area contributed by atoms with Gasteiger partial charge in [0.2, 0.25) is 0 Å². The maximum Gasteiger partial charge on any atom is 0.272 e. The second kappa shape index (κ2) is 4.66. The Morgan fingerprint density at radius 2 is 2.06 bits per heavy atom. The highest BCUT2D eigenvalue weighted by Crippen LogP contribution is 2.14. The molecule has 0 spiro atoms. The minimum absolute atomic E-state index is 0.124. The van der Waals surface area contributed by atoms with Crippen LogP contribution in [0.5, 0.6) is 0 Å². The number of hydrogen-bond acceptors (Lipinski definition) is 6. The Kier molecular flexibility index (Phi) is 3.23. The number of hydrazine groups is 1. The molecule has 92 valence electrons. The van der Waals surface area contributed by atoms with Crippen molar-refractivity contribution in [2.24, 2.45) is 5.84 Å². The number of carbonyl (C=O) groups excluding carboxylic acids is 1. The van der Waals surface area contributed by atoms with Gasteiger partial charge in [-0.2, -0.15) is 0 Å². The maximum atomic E-state index is 11.9. The number of anilines is 1. The number of nitrogens with zero attached hydrogens (tertiary/aromatic N) is 2. The fourth-order valence-electron chi connectivity index (χ4n) is 1.70. The highest BCUT2D eigenvalue weighted by molar-refractivity contribution is 5.92. The van der Waals surface area contributed by atoms with E-state index in [1.165, 1.54) is 17.2 Å². The molecular weight excluding hydrogens is 224 g/mol. The van der Waals surface area contributed by atoms with Gasteiger partial charge in [0, 0.05) is 13.1 Å². The third-order valence-corrected chi connectivity index (χ3v) is 2.70. The second-order valence-corrected chi connectivity index (χ2v) is 3.92. The lowest BCUT2D eigenvalue weighted by Crippen LogP contribution is -2.30. The number of nitrogens with two attached hydrogens (primary N) is 1. The molecule has 2 atom stereocenters. The van der Waals surface area contributed by atoms with Crippen molar-refractivity contribution in [2.45, 2.75) is 12.2 Å². The summed E-state index contributed by atoms with van der Waals surface area (Å²) in [5.74, 6) is 4.87. The van der Waals surface area contributed by atoms with Gasteiger partial charge in [-0.15, -0.1) is 0 Å². The molecule has 1 aromatic rings. The summed E-state index contributed by atoms with van der Waals surface area (Å²) in [4.78, 5) is 17.2. The maximum absolute atomic E-state index is 11.9. The largest absolute Gasteiger partial charge is 0.388 e. The van der Waals surface area contributed by atoms with Crippen LogP contribution in [0.25, 0.3) is 0 Å². The number of rotatable bonds is 2. The molecule has 0 radical (unpaired) electrons. The molecule has 1 aromatic heterocycles.